The average Bonchev–Trinajstić information content (AvgIpc) is 3.44. The van der Waals surface area contributed by atoms with Crippen molar-refractivity contribution in [2.75, 3.05) is 0 Å². The smallest absolute Gasteiger partial charge is 0.267 e. The number of hydrogen-bond acceptors (Lipinski definition) is 7. The van der Waals surface area contributed by atoms with E-state index in [2.05, 4.69) is 9.97 Å². The van der Waals surface area contributed by atoms with Crippen LogP contribution in [0.3, 0.4) is 0 Å². The number of furan rings is 1. The first kappa shape index (κ1) is 22.2. The molecule has 3 heterocycles. The predicted octanol–water partition coefficient (Wildman–Crippen LogP) is 5.89. The van der Waals surface area contributed by atoms with Gasteiger partial charge in [0.1, 0.15) is 5.76 Å². The molecule has 1 aliphatic rings. The van der Waals surface area contributed by atoms with E-state index >= 15 is 0 Å². The van der Waals surface area contributed by atoms with Crippen molar-refractivity contribution in [1.29, 1.82) is 0 Å². The van der Waals surface area contributed by atoms with Crippen LogP contribution in [0.15, 0.2) is 116 Å². The van der Waals surface area contributed by atoms with E-state index in [1.54, 1.807) is 29.4 Å². The standard InChI is InChI=1S/C26H20N4O2S2/c31-24-22(16-21-12-13-23(32-21)34-25-27-14-7-15-28-25)33-26(29-17-19-8-3-1-4-9-19)30(24)18-20-10-5-2-6-11-20/h1-16H,17-18H2/b22-16+,29-26?. The fraction of sp³-hybridized carbons (Fsp3) is 0.0769. The van der Waals surface area contributed by atoms with Crippen LogP contribution >= 0.6 is 23.5 Å². The number of thioether (sulfide) groups is 1. The van der Waals surface area contributed by atoms with Crippen molar-refractivity contribution < 1.29 is 9.21 Å². The molecule has 0 bridgehead atoms. The van der Waals surface area contributed by atoms with E-state index < -0.39 is 0 Å². The molecular weight excluding hydrogens is 464 g/mol. The van der Waals surface area contributed by atoms with Crippen molar-refractivity contribution in [1.82, 2.24) is 14.9 Å². The normalized spacial score (nSPS) is 16.0. The predicted molar refractivity (Wildman–Crippen MR) is 135 cm³/mol. The van der Waals surface area contributed by atoms with Gasteiger partial charge < -0.3 is 4.42 Å². The molecule has 0 spiro atoms. The van der Waals surface area contributed by atoms with Gasteiger partial charge in [0, 0.05) is 18.5 Å². The van der Waals surface area contributed by atoms with Crippen LogP contribution in [0.2, 0.25) is 0 Å². The third-order valence-corrected chi connectivity index (χ3v) is 6.78. The van der Waals surface area contributed by atoms with Gasteiger partial charge in [0.05, 0.1) is 18.0 Å². The fourth-order valence-electron chi connectivity index (χ4n) is 3.30. The number of aliphatic imine (C=N–C) groups is 1. The molecule has 8 heteroatoms. The summed E-state index contributed by atoms with van der Waals surface area (Å²) in [4.78, 5) is 28.8. The molecule has 0 N–H and O–H groups in total. The summed E-state index contributed by atoms with van der Waals surface area (Å²) in [7, 11) is 0. The molecule has 2 aromatic carbocycles. The summed E-state index contributed by atoms with van der Waals surface area (Å²) >= 11 is 2.70. The summed E-state index contributed by atoms with van der Waals surface area (Å²) in [5, 5.41) is 1.95. The fourth-order valence-corrected chi connectivity index (χ4v) is 4.93. The maximum Gasteiger partial charge on any atom is 0.267 e. The molecule has 0 aliphatic carbocycles. The van der Waals surface area contributed by atoms with Crippen molar-refractivity contribution in [2.24, 2.45) is 4.99 Å². The van der Waals surface area contributed by atoms with Gasteiger partial charge in [0.25, 0.3) is 5.91 Å². The maximum atomic E-state index is 13.3. The first-order chi connectivity index (χ1) is 16.7. The minimum absolute atomic E-state index is 0.0855. The Morgan fingerprint density at radius 2 is 1.62 bits per heavy atom. The molecule has 0 unspecified atom stereocenters. The molecule has 1 fully saturated rings. The second kappa shape index (κ2) is 10.5. The third kappa shape index (κ3) is 5.47. The van der Waals surface area contributed by atoms with Crippen molar-refractivity contribution in [3.05, 3.63) is 113 Å². The summed E-state index contributed by atoms with van der Waals surface area (Å²) < 4.78 is 5.90. The highest BCUT2D eigenvalue weighted by atomic mass is 32.2. The van der Waals surface area contributed by atoms with Gasteiger partial charge in [0.15, 0.2) is 15.4 Å². The van der Waals surface area contributed by atoms with Gasteiger partial charge in [-0.3, -0.25) is 14.7 Å². The Kier molecular flexibility index (Phi) is 6.88. The number of benzene rings is 2. The van der Waals surface area contributed by atoms with Gasteiger partial charge in [-0.1, -0.05) is 60.7 Å². The van der Waals surface area contributed by atoms with E-state index in [0.717, 1.165) is 11.1 Å². The van der Waals surface area contributed by atoms with Crippen molar-refractivity contribution in [3.8, 4) is 0 Å². The zero-order chi connectivity index (χ0) is 23.2. The first-order valence-electron chi connectivity index (χ1n) is 10.6. The molecule has 2 aromatic heterocycles. The number of carbonyl (C=O) groups is 1. The molecule has 4 aromatic rings. The third-order valence-electron chi connectivity index (χ3n) is 4.92. The summed E-state index contributed by atoms with van der Waals surface area (Å²) in [6.45, 7) is 0.968. The van der Waals surface area contributed by atoms with E-state index in [1.807, 2.05) is 72.8 Å². The van der Waals surface area contributed by atoms with Crippen LogP contribution in [-0.2, 0) is 17.9 Å². The van der Waals surface area contributed by atoms with Crippen molar-refractivity contribution >= 4 is 40.7 Å². The molecule has 1 aliphatic heterocycles. The number of hydrogen-bond donors (Lipinski definition) is 0. The van der Waals surface area contributed by atoms with Gasteiger partial charge >= 0.3 is 0 Å². The van der Waals surface area contributed by atoms with Gasteiger partial charge in [-0.15, -0.1) is 0 Å². The van der Waals surface area contributed by atoms with Gasteiger partial charge in [-0.05, 0) is 52.8 Å². The van der Waals surface area contributed by atoms with Gasteiger partial charge in [-0.25, -0.2) is 9.97 Å². The van der Waals surface area contributed by atoms with Crippen molar-refractivity contribution in [2.45, 2.75) is 23.3 Å². The monoisotopic (exact) mass is 484 g/mol. The number of carbonyl (C=O) groups excluding carboxylic acids is 1. The largest absolute Gasteiger partial charge is 0.450 e. The second-order valence-corrected chi connectivity index (χ2v) is 9.34. The summed E-state index contributed by atoms with van der Waals surface area (Å²) in [5.74, 6) is 0.510. The molecule has 168 valence electrons. The number of amides is 1. The van der Waals surface area contributed by atoms with E-state index in [4.69, 9.17) is 9.41 Å². The molecular formula is C26H20N4O2S2. The quantitative estimate of drug-likeness (QED) is 0.240. The zero-order valence-corrected chi connectivity index (χ0v) is 19.7. The Morgan fingerprint density at radius 3 is 2.35 bits per heavy atom. The Morgan fingerprint density at radius 1 is 0.912 bits per heavy atom. The second-order valence-electron chi connectivity index (χ2n) is 7.36. The molecule has 0 saturated carbocycles. The van der Waals surface area contributed by atoms with Gasteiger partial charge in [0.2, 0.25) is 0 Å². The molecule has 0 atom stereocenters. The van der Waals surface area contributed by atoms with Crippen molar-refractivity contribution in [3.63, 3.8) is 0 Å². The lowest BCUT2D eigenvalue weighted by molar-refractivity contribution is -0.122. The maximum absolute atomic E-state index is 13.3. The Bertz CT molecular complexity index is 1320. The van der Waals surface area contributed by atoms with Gasteiger partial charge in [-0.2, -0.15) is 0 Å². The highest BCUT2D eigenvalue weighted by Gasteiger charge is 2.33. The van der Waals surface area contributed by atoms with E-state index in [0.29, 0.717) is 39.2 Å². The van der Waals surface area contributed by atoms with Crippen LogP contribution in [0.1, 0.15) is 16.9 Å². The molecule has 34 heavy (non-hydrogen) atoms. The summed E-state index contributed by atoms with van der Waals surface area (Å²) in [5.41, 5.74) is 2.14. The topological polar surface area (TPSA) is 71.6 Å². The van der Waals surface area contributed by atoms with E-state index in [-0.39, 0.29) is 5.91 Å². The molecule has 5 rings (SSSR count). The van der Waals surface area contributed by atoms with Crippen LogP contribution in [-0.4, -0.2) is 25.9 Å². The minimum Gasteiger partial charge on any atom is -0.450 e. The van der Waals surface area contributed by atoms with E-state index in [9.17, 15) is 4.79 Å². The molecule has 1 amide bonds. The Balaban J connectivity index is 1.38. The lowest BCUT2D eigenvalue weighted by Gasteiger charge is -2.15. The minimum atomic E-state index is -0.0855. The average molecular weight is 485 g/mol. The number of nitrogens with zero attached hydrogens (tertiary/aromatic N) is 4. The Labute approximate surface area is 205 Å². The highest BCUT2D eigenvalue weighted by Crippen LogP contribution is 2.35. The number of aromatic nitrogens is 2. The molecule has 0 radical (unpaired) electrons. The number of rotatable bonds is 7. The zero-order valence-electron chi connectivity index (χ0n) is 18.1. The first-order valence-corrected chi connectivity index (χ1v) is 12.3. The van der Waals surface area contributed by atoms with Crippen LogP contribution in [0.4, 0.5) is 0 Å². The SMILES string of the molecule is O=C1/C(=C\c2ccc(Sc3ncccn3)o2)SC(=NCc2ccccc2)N1Cc1ccccc1. The Hall–Kier alpha value is -3.62. The molecule has 6 nitrogen and oxygen atoms in total. The lowest BCUT2D eigenvalue weighted by atomic mass is 10.2. The van der Waals surface area contributed by atoms with Crippen LogP contribution in [0.5, 0.6) is 0 Å². The summed E-state index contributed by atoms with van der Waals surface area (Å²) in [6, 6.07) is 25.4. The summed E-state index contributed by atoms with van der Waals surface area (Å²) in [6.07, 6.45) is 5.14. The lowest BCUT2D eigenvalue weighted by Crippen LogP contribution is -2.28. The van der Waals surface area contributed by atoms with Crippen LogP contribution in [0, 0.1) is 0 Å². The van der Waals surface area contributed by atoms with Crippen LogP contribution in [0.25, 0.3) is 6.08 Å². The number of amidine groups is 1. The molecule has 1 saturated heterocycles. The van der Waals surface area contributed by atoms with E-state index in [1.165, 1.54) is 23.5 Å². The van der Waals surface area contributed by atoms with Crippen LogP contribution < -0.4 is 0 Å². The highest BCUT2D eigenvalue weighted by molar-refractivity contribution is 8.18.